The third kappa shape index (κ3) is 3.91. The molecule has 0 spiro atoms. The second kappa shape index (κ2) is 7.82. The van der Waals surface area contributed by atoms with Gasteiger partial charge in [0.25, 0.3) is 5.91 Å². The number of benzene rings is 2. The van der Waals surface area contributed by atoms with Gasteiger partial charge in [0.05, 0.1) is 0 Å². The summed E-state index contributed by atoms with van der Waals surface area (Å²) in [5.41, 5.74) is 2.75. The highest BCUT2D eigenvalue weighted by molar-refractivity contribution is 6.07. The number of urea groups is 1. The van der Waals surface area contributed by atoms with E-state index in [-0.39, 0.29) is 12.5 Å². The van der Waals surface area contributed by atoms with Crippen LogP contribution >= 0.6 is 0 Å². The van der Waals surface area contributed by atoms with Gasteiger partial charge in [-0.2, -0.15) is 0 Å². The summed E-state index contributed by atoms with van der Waals surface area (Å²) in [4.78, 5) is 37.2. The van der Waals surface area contributed by atoms with Crippen molar-refractivity contribution < 1.29 is 14.4 Å². The summed E-state index contributed by atoms with van der Waals surface area (Å²) in [6, 6.07) is 16.3. The first-order valence-corrected chi connectivity index (χ1v) is 8.65. The lowest BCUT2D eigenvalue weighted by molar-refractivity contribution is -0.130. The van der Waals surface area contributed by atoms with E-state index < -0.39 is 18.0 Å². The lowest BCUT2D eigenvalue weighted by atomic mass is 10.1. The van der Waals surface area contributed by atoms with Gasteiger partial charge in [0, 0.05) is 5.69 Å². The Hall–Kier alpha value is -3.15. The molecule has 3 rings (SSSR count). The molecule has 1 saturated heterocycles. The zero-order valence-electron chi connectivity index (χ0n) is 14.6. The third-order valence-electron chi connectivity index (χ3n) is 4.26. The van der Waals surface area contributed by atoms with Crippen LogP contribution in [0.25, 0.3) is 11.1 Å². The summed E-state index contributed by atoms with van der Waals surface area (Å²) in [7, 11) is 0. The van der Waals surface area contributed by atoms with Crippen LogP contribution in [0.5, 0.6) is 0 Å². The minimum atomic E-state index is -0.523. The van der Waals surface area contributed by atoms with Crippen LogP contribution < -0.4 is 10.6 Å². The standard InChI is InChI=1S/C20H21N3O3/c1-2-6-17-19(25)23(20(26)22-17)13-18(24)21-16-11-9-15(10-12-16)14-7-4-3-5-8-14/h3-5,7-12,17H,2,6,13H2,1H3,(H,21,24)(H,22,26). The number of nitrogens with zero attached hydrogens (tertiary/aromatic N) is 1. The van der Waals surface area contributed by atoms with Gasteiger partial charge in [-0.05, 0) is 29.7 Å². The maximum atomic E-state index is 12.2. The Kier molecular flexibility index (Phi) is 5.31. The maximum Gasteiger partial charge on any atom is 0.325 e. The molecule has 2 aromatic carbocycles. The van der Waals surface area contributed by atoms with Gasteiger partial charge in [-0.15, -0.1) is 0 Å². The van der Waals surface area contributed by atoms with Crippen molar-refractivity contribution in [2.45, 2.75) is 25.8 Å². The smallest absolute Gasteiger partial charge is 0.325 e. The van der Waals surface area contributed by atoms with Gasteiger partial charge >= 0.3 is 6.03 Å². The summed E-state index contributed by atoms with van der Waals surface area (Å²) in [5.74, 6) is -0.746. The fourth-order valence-corrected chi connectivity index (χ4v) is 2.93. The van der Waals surface area contributed by atoms with Crippen molar-refractivity contribution in [3.8, 4) is 11.1 Å². The van der Waals surface area contributed by atoms with Gasteiger partial charge in [-0.1, -0.05) is 55.8 Å². The Bertz CT molecular complexity index is 803. The molecule has 26 heavy (non-hydrogen) atoms. The minimum Gasteiger partial charge on any atom is -0.326 e. The summed E-state index contributed by atoms with van der Waals surface area (Å²) >= 11 is 0. The number of rotatable bonds is 6. The molecule has 134 valence electrons. The van der Waals surface area contributed by atoms with E-state index in [9.17, 15) is 14.4 Å². The highest BCUT2D eigenvalue weighted by Crippen LogP contribution is 2.21. The molecule has 2 aromatic rings. The van der Waals surface area contributed by atoms with E-state index in [1.165, 1.54) is 0 Å². The minimum absolute atomic E-state index is 0.286. The Balaban J connectivity index is 1.60. The van der Waals surface area contributed by atoms with Crippen molar-refractivity contribution in [3.05, 3.63) is 54.6 Å². The quantitative estimate of drug-likeness (QED) is 0.785. The second-order valence-corrected chi connectivity index (χ2v) is 6.21. The molecule has 6 heteroatoms. The average Bonchev–Trinajstić information content (AvgIpc) is 2.91. The molecule has 2 N–H and O–H groups in total. The molecule has 1 fully saturated rings. The molecule has 1 aliphatic heterocycles. The zero-order chi connectivity index (χ0) is 18.5. The normalized spacial score (nSPS) is 16.5. The van der Waals surface area contributed by atoms with Crippen LogP contribution in [0.15, 0.2) is 54.6 Å². The zero-order valence-corrected chi connectivity index (χ0v) is 14.6. The number of hydrogen-bond donors (Lipinski definition) is 2. The number of hydrogen-bond acceptors (Lipinski definition) is 3. The van der Waals surface area contributed by atoms with Gasteiger partial charge in [-0.3, -0.25) is 14.5 Å². The predicted molar refractivity (Wildman–Crippen MR) is 99.4 cm³/mol. The van der Waals surface area contributed by atoms with Gasteiger partial charge < -0.3 is 10.6 Å². The van der Waals surface area contributed by atoms with Crippen molar-refractivity contribution in [1.82, 2.24) is 10.2 Å². The molecule has 4 amide bonds. The predicted octanol–water partition coefficient (Wildman–Crippen LogP) is 3.01. The monoisotopic (exact) mass is 351 g/mol. The van der Waals surface area contributed by atoms with E-state index in [1.54, 1.807) is 12.1 Å². The number of nitrogens with one attached hydrogen (secondary N) is 2. The highest BCUT2D eigenvalue weighted by Gasteiger charge is 2.38. The average molecular weight is 351 g/mol. The molecule has 0 aromatic heterocycles. The molecular weight excluding hydrogens is 330 g/mol. The first kappa shape index (κ1) is 17.7. The van der Waals surface area contributed by atoms with Crippen LogP contribution in [0.1, 0.15) is 19.8 Å². The lowest BCUT2D eigenvalue weighted by Gasteiger charge is -2.13. The van der Waals surface area contributed by atoms with E-state index in [1.807, 2.05) is 49.4 Å². The number of imide groups is 1. The van der Waals surface area contributed by atoms with Crippen LogP contribution in [-0.4, -0.2) is 35.3 Å². The van der Waals surface area contributed by atoms with Gasteiger partial charge in [0.15, 0.2) is 0 Å². The SMILES string of the molecule is CCCC1NC(=O)N(CC(=O)Nc2ccc(-c3ccccc3)cc2)C1=O. The number of carbonyl (C=O) groups excluding carboxylic acids is 3. The van der Waals surface area contributed by atoms with Crippen LogP contribution in [0.4, 0.5) is 10.5 Å². The van der Waals surface area contributed by atoms with Crippen LogP contribution in [0.2, 0.25) is 0 Å². The van der Waals surface area contributed by atoms with Crippen molar-refractivity contribution in [2.24, 2.45) is 0 Å². The summed E-state index contributed by atoms with van der Waals surface area (Å²) < 4.78 is 0. The fourth-order valence-electron chi connectivity index (χ4n) is 2.93. The van der Waals surface area contributed by atoms with Crippen LogP contribution in [0.3, 0.4) is 0 Å². The van der Waals surface area contributed by atoms with Crippen LogP contribution in [0, 0.1) is 0 Å². The molecular formula is C20H21N3O3. The first-order chi connectivity index (χ1) is 12.6. The van der Waals surface area contributed by atoms with E-state index in [2.05, 4.69) is 10.6 Å². The Labute approximate surface area is 152 Å². The molecule has 0 saturated carbocycles. The van der Waals surface area contributed by atoms with Crippen molar-refractivity contribution in [3.63, 3.8) is 0 Å². The van der Waals surface area contributed by atoms with Crippen molar-refractivity contribution in [2.75, 3.05) is 11.9 Å². The third-order valence-corrected chi connectivity index (χ3v) is 4.26. The molecule has 1 heterocycles. The van der Waals surface area contributed by atoms with Gasteiger partial charge in [0.1, 0.15) is 12.6 Å². The largest absolute Gasteiger partial charge is 0.326 e. The topological polar surface area (TPSA) is 78.5 Å². The number of carbonyl (C=O) groups is 3. The lowest BCUT2D eigenvalue weighted by Crippen LogP contribution is -2.38. The van der Waals surface area contributed by atoms with Crippen LogP contribution in [-0.2, 0) is 9.59 Å². The van der Waals surface area contributed by atoms with Gasteiger partial charge in [0.2, 0.25) is 5.91 Å². The fraction of sp³-hybridized carbons (Fsp3) is 0.250. The molecule has 0 aliphatic carbocycles. The van der Waals surface area contributed by atoms with Crippen molar-refractivity contribution in [1.29, 1.82) is 0 Å². The van der Waals surface area contributed by atoms with Crippen molar-refractivity contribution >= 4 is 23.5 Å². The molecule has 1 aliphatic rings. The highest BCUT2D eigenvalue weighted by atomic mass is 16.2. The van der Waals surface area contributed by atoms with E-state index in [0.29, 0.717) is 12.1 Å². The Morgan fingerprint density at radius 2 is 1.69 bits per heavy atom. The van der Waals surface area contributed by atoms with E-state index >= 15 is 0 Å². The Morgan fingerprint density at radius 1 is 1.04 bits per heavy atom. The van der Waals surface area contributed by atoms with E-state index in [4.69, 9.17) is 0 Å². The molecule has 0 radical (unpaired) electrons. The second-order valence-electron chi connectivity index (χ2n) is 6.21. The molecule has 1 atom stereocenters. The first-order valence-electron chi connectivity index (χ1n) is 8.65. The Morgan fingerprint density at radius 3 is 2.35 bits per heavy atom. The molecule has 1 unspecified atom stereocenters. The van der Waals surface area contributed by atoms with Gasteiger partial charge in [-0.25, -0.2) is 4.79 Å². The number of amides is 4. The number of anilines is 1. The molecule has 6 nitrogen and oxygen atoms in total. The maximum absolute atomic E-state index is 12.2. The molecule has 0 bridgehead atoms. The summed E-state index contributed by atoms with van der Waals surface area (Å²) in [5, 5.41) is 5.33. The summed E-state index contributed by atoms with van der Waals surface area (Å²) in [6.45, 7) is 1.65. The summed E-state index contributed by atoms with van der Waals surface area (Å²) in [6.07, 6.45) is 1.36. The van der Waals surface area contributed by atoms with E-state index in [0.717, 1.165) is 22.4 Å².